The predicted octanol–water partition coefficient (Wildman–Crippen LogP) is 1.15. The molecule has 1 atom stereocenters. The molecule has 3 aromatic heterocycles. The van der Waals surface area contributed by atoms with Crippen molar-refractivity contribution in [3.8, 4) is 0 Å². The van der Waals surface area contributed by atoms with Gasteiger partial charge in [0.05, 0.1) is 40.9 Å². The Kier molecular flexibility index (Phi) is 3.39. The molecule has 0 aromatic carbocycles. The summed E-state index contributed by atoms with van der Waals surface area (Å²) in [5, 5.41) is 9.10. The maximum Gasteiger partial charge on any atom is 0.0930 e. The summed E-state index contributed by atoms with van der Waals surface area (Å²) in [6.07, 6.45) is 8.58. The van der Waals surface area contributed by atoms with Crippen molar-refractivity contribution >= 4 is 17.1 Å². The Bertz CT molecular complexity index is 732. The molecule has 0 bridgehead atoms. The van der Waals surface area contributed by atoms with Gasteiger partial charge in [-0.25, -0.2) is 9.94 Å². The van der Waals surface area contributed by atoms with E-state index in [1.165, 1.54) is 0 Å². The highest BCUT2D eigenvalue weighted by Crippen LogP contribution is 2.29. The molecule has 0 radical (unpaired) electrons. The average Bonchev–Trinajstić information content (AvgIpc) is 3.06. The summed E-state index contributed by atoms with van der Waals surface area (Å²) in [5.74, 6) is 5.73. The van der Waals surface area contributed by atoms with Crippen molar-refractivity contribution in [3.05, 3.63) is 47.3 Å². The fourth-order valence-corrected chi connectivity index (χ4v) is 2.55. The molecule has 0 fully saturated rings. The third-order valence-corrected chi connectivity index (χ3v) is 3.53. The molecule has 0 aliphatic heterocycles. The zero-order valence-corrected chi connectivity index (χ0v) is 11.6. The Labute approximate surface area is 120 Å². The second-order valence-corrected chi connectivity index (χ2v) is 4.71. The number of nitrogens with one attached hydrogen (secondary N) is 1. The van der Waals surface area contributed by atoms with Crippen LogP contribution in [-0.4, -0.2) is 24.4 Å². The number of fused-ring (bicyclic) bond motifs is 1. The van der Waals surface area contributed by atoms with Gasteiger partial charge in [0, 0.05) is 24.5 Å². The number of hydrogen-bond acceptors (Lipinski definition) is 5. The highest BCUT2D eigenvalue weighted by atomic mass is 35.5. The summed E-state index contributed by atoms with van der Waals surface area (Å²) in [4.78, 5) is 4.12. The van der Waals surface area contributed by atoms with Gasteiger partial charge >= 0.3 is 0 Å². The number of aromatic nitrogens is 5. The third kappa shape index (κ3) is 1.96. The van der Waals surface area contributed by atoms with E-state index in [0.29, 0.717) is 11.6 Å². The Balaban J connectivity index is 2.16. The van der Waals surface area contributed by atoms with Crippen LogP contribution < -0.4 is 11.3 Å². The first-order valence-corrected chi connectivity index (χ1v) is 6.58. The van der Waals surface area contributed by atoms with Gasteiger partial charge < -0.3 is 0 Å². The van der Waals surface area contributed by atoms with E-state index in [-0.39, 0.29) is 6.04 Å². The lowest BCUT2D eigenvalue weighted by molar-refractivity contribution is 0.545. The van der Waals surface area contributed by atoms with Crippen LogP contribution >= 0.6 is 11.6 Å². The lowest BCUT2D eigenvalue weighted by Crippen LogP contribution is -2.30. The maximum absolute atomic E-state index is 6.24. The molecule has 0 aliphatic carbocycles. The molecule has 0 saturated heterocycles. The molecular formula is C12H14ClN7. The average molecular weight is 292 g/mol. The SMILES string of the molecule is CCn1ncc(Cl)c1C(NN)c1cnn2ccncc12. The van der Waals surface area contributed by atoms with Crippen molar-refractivity contribution in [2.75, 3.05) is 0 Å². The predicted molar refractivity (Wildman–Crippen MR) is 75.1 cm³/mol. The summed E-state index contributed by atoms with van der Waals surface area (Å²) >= 11 is 6.24. The first-order chi connectivity index (χ1) is 9.76. The summed E-state index contributed by atoms with van der Waals surface area (Å²) in [5.41, 5.74) is 5.37. The minimum Gasteiger partial charge on any atom is -0.271 e. The lowest BCUT2D eigenvalue weighted by atomic mass is 10.1. The molecule has 3 aromatic rings. The highest BCUT2D eigenvalue weighted by molar-refractivity contribution is 6.31. The largest absolute Gasteiger partial charge is 0.271 e. The molecule has 7 nitrogen and oxygen atoms in total. The van der Waals surface area contributed by atoms with E-state index in [2.05, 4.69) is 20.6 Å². The molecule has 0 spiro atoms. The van der Waals surface area contributed by atoms with Crippen molar-refractivity contribution < 1.29 is 0 Å². The van der Waals surface area contributed by atoms with E-state index >= 15 is 0 Å². The first kappa shape index (κ1) is 13.0. The smallest absolute Gasteiger partial charge is 0.0930 e. The van der Waals surface area contributed by atoms with Crippen LogP contribution in [0.4, 0.5) is 0 Å². The van der Waals surface area contributed by atoms with Crippen molar-refractivity contribution in [2.45, 2.75) is 19.5 Å². The van der Waals surface area contributed by atoms with Crippen molar-refractivity contribution in [1.29, 1.82) is 0 Å². The van der Waals surface area contributed by atoms with Gasteiger partial charge in [0.15, 0.2) is 0 Å². The minimum absolute atomic E-state index is 0.299. The molecule has 1 unspecified atom stereocenters. The second-order valence-electron chi connectivity index (χ2n) is 4.30. The van der Waals surface area contributed by atoms with E-state index in [1.54, 1.807) is 35.5 Å². The number of rotatable bonds is 4. The quantitative estimate of drug-likeness (QED) is 0.556. The summed E-state index contributed by atoms with van der Waals surface area (Å²) in [7, 11) is 0. The number of nitrogens with two attached hydrogens (primary N) is 1. The molecule has 20 heavy (non-hydrogen) atoms. The van der Waals surface area contributed by atoms with Crippen LogP contribution in [0.5, 0.6) is 0 Å². The fourth-order valence-electron chi connectivity index (χ4n) is 2.30. The second kappa shape index (κ2) is 5.20. The maximum atomic E-state index is 6.24. The summed E-state index contributed by atoms with van der Waals surface area (Å²) in [6, 6.07) is -0.299. The zero-order valence-electron chi connectivity index (χ0n) is 10.9. The number of hydrogen-bond donors (Lipinski definition) is 2. The van der Waals surface area contributed by atoms with Crippen LogP contribution in [0.2, 0.25) is 5.02 Å². The summed E-state index contributed by atoms with van der Waals surface area (Å²) < 4.78 is 3.56. The molecule has 3 rings (SSSR count). The molecule has 0 aliphatic rings. The Morgan fingerprint density at radius 2 is 2.20 bits per heavy atom. The van der Waals surface area contributed by atoms with E-state index in [4.69, 9.17) is 17.4 Å². The van der Waals surface area contributed by atoms with Crippen LogP contribution in [0.1, 0.15) is 24.2 Å². The molecule has 104 valence electrons. The van der Waals surface area contributed by atoms with Gasteiger partial charge in [0.25, 0.3) is 0 Å². The fraction of sp³-hybridized carbons (Fsp3) is 0.250. The van der Waals surface area contributed by atoms with Gasteiger partial charge in [0.2, 0.25) is 0 Å². The number of halogens is 1. The van der Waals surface area contributed by atoms with Crippen molar-refractivity contribution in [1.82, 2.24) is 29.8 Å². The van der Waals surface area contributed by atoms with Crippen molar-refractivity contribution in [2.24, 2.45) is 5.84 Å². The van der Waals surface area contributed by atoms with Gasteiger partial charge in [-0.1, -0.05) is 11.6 Å². The standard InChI is InChI=1S/C12H14ClN7/c1-2-19-12(9(13)6-17-19)11(18-14)8-5-16-20-4-3-15-7-10(8)20/h3-7,11,18H,2,14H2,1H3. The van der Waals surface area contributed by atoms with Gasteiger partial charge in [-0.3, -0.25) is 15.5 Å². The van der Waals surface area contributed by atoms with Gasteiger partial charge in [0.1, 0.15) is 0 Å². The van der Waals surface area contributed by atoms with E-state index in [1.807, 2.05) is 11.6 Å². The Morgan fingerprint density at radius 1 is 1.35 bits per heavy atom. The molecule has 0 amide bonds. The number of hydrazine groups is 1. The topological polar surface area (TPSA) is 86.1 Å². The van der Waals surface area contributed by atoms with E-state index < -0.39 is 0 Å². The summed E-state index contributed by atoms with van der Waals surface area (Å²) in [6.45, 7) is 2.70. The zero-order chi connectivity index (χ0) is 14.1. The Morgan fingerprint density at radius 3 is 2.95 bits per heavy atom. The van der Waals surface area contributed by atoms with Crippen LogP contribution in [0.3, 0.4) is 0 Å². The monoisotopic (exact) mass is 291 g/mol. The molecule has 8 heteroatoms. The Hall–Kier alpha value is -1.96. The number of aryl methyl sites for hydroxylation is 1. The van der Waals surface area contributed by atoms with Gasteiger partial charge in [-0.15, -0.1) is 0 Å². The van der Waals surface area contributed by atoms with Crippen LogP contribution in [-0.2, 0) is 6.54 Å². The minimum atomic E-state index is -0.299. The normalized spacial score (nSPS) is 12.9. The van der Waals surface area contributed by atoms with E-state index in [9.17, 15) is 0 Å². The molecule has 0 saturated carbocycles. The molecule has 3 N–H and O–H groups in total. The van der Waals surface area contributed by atoms with Gasteiger partial charge in [-0.05, 0) is 6.92 Å². The van der Waals surface area contributed by atoms with Crippen LogP contribution in [0.25, 0.3) is 5.52 Å². The van der Waals surface area contributed by atoms with E-state index in [0.717, 1.165) is 16.8 Å². The van der Waals surface area contributed by atoms with Crippen LogP contribution in [0.15, 0.2) is 31.0 Å². The molecule has 3 heterocycles. The van der Waals surface area contributed by atoms with Crippen molar-refractivity contribution in [3.63, 3.8) is 0 Å². The van der Waals surface area contributed by atoms with Gasteiger partial charge in [-0.2, -0.15) is 10.2 Å². The third-order valence-electron chi connectivity index (χ3n) is 3.24. The van der Waals surface area contributed by atoms with Crippen LogP contribution in [0, 0.1) is 0 Å². The molecular weight excluding hydrogens is 278 g/mol. The lowest BCUT2D eigenvalue weighted by Gasteiger charge is -2.17. The number of nitrogens with zero attached hydrogens (tertiary/aromatic N) is 5. The highest BCUT2D eigenvalue weighted by Gasteiger charge is 2.23. The first-order valence-electron chi connectivity index (χ1n) is 6.20.